The third-order valence-electron chi connectivity index (χ3n) is 5.04. The quantitative estimate of drug-likeness (QED) is 0.789. The van der Waals surface area contributed by atoms with Gasteiger partial charge in [0, 0.05) is 12.1 Å². The van der Waals surface area contributed by atoms with E-state index in [2.05, 4.69) is 11.0 Å². The van der Waals surface area contributed by atoms with Crippen LogP contribution in [0.2, 0.25) is 0 Å². The molecule has 0 aromatic heterocycles. The molecule has 4 nitrogen and oxygen atoms in total. The number of piperidine rings is 1. The SMILES string of the molecule is CC(C)[C@@H](C(=O)O)N1CC[C@H]2C[C@]21C1=CCOCC1. The Labute approximate surface area is 114 Å². The van der Waals surface area contributed by atoms with Crippen LogP contribution in [0.15, 0.2) is 11.6 Å². The molecule has 2 heterocycles. The van der Waals surface area contributed by atoms with Crippen LogP contribution < -0.4 is 0 Å². The van der Waals surface area contributed by atoms with Crippen molar-refractivity contribution in [3.05, 3.63) is 11.6 Å². The predicted molar refractivity (Wildman–Crippen MR) is 71.9 cm³/mol. The zero-order valence-electron chi connectivity index (χ0n) is 11.8. The van der Waals surface area contributed by atoms with Gasteiger partial charge in [-0.2, -0.15) is 0 Å². The van der Waals surface area contributed by atoms with Gasteiger partial charge in [-0.25, -0.2) is 0 Å². The summed E-state index contributed by atoms with van der Waals surface area (Å²) >= 11 is 0. The van der Waals surface area contributed by atoms with Gasteiger partial charge < -0.3 is 9.84 Å². The fourth-order valence-corrected chi connectivity index (χ4v) is 4.17. The maximum Gasteiger partial charge on any atom is 0.321 e. The van der Waals surface area contributed by atoms with Gasteiger partial charge in [-0.1, -0.05) is 19.9 Å². The van der Waals surface area contributed by atoms with E-state index in [-0.39, 0.29) is 17.5 Å². The number of likely N-dealkylation sites (tertiary alicyclic amines) is 1. The molecule has 0 spiro atoms. The van der Waals surface area contributed by atoms with Crippen molar-refractivity contribution in [3.63, 3.8) is 0 Å². The molecule has 0 aromatic carbocycles. The molecule has 3 aliphatic rings. The Morgan fingerprint density at radius 2 is 2.37 bits per heavy atom. The average molecular weight is 265 g/mol. The van der Waals surface area contributed by atoms with Crippen molar-refractivity contribution in [2.75, 3.05) is 19.8 Å². The molecule has 1 saturated carbocycles. The Hall–Kier alpha value is -0.870. The highest BCUT2D eigenvalue weighted by molar-refractivity contribution is 5.74. The zero-order valence-corrected chi connectivity index (χ0v) is 11.8. The summed E-state index contributed by atoms with van der Waals surface area (Å²) in [5, 5.41) is 9.57. The van der Waals surface area contributed by atoms with Gasteiger partial charge in [0.15, 0.2) is 0 Å². The van der Waals surface area contributed by atoms with Gasteiger partial charge in [0.25, 0.3) is 0 Å². The molecule has 3 rings (SSSR count). The Bertz CT molecular complexity index is 418. The van der Waals surface area contributed by atoms with E-state index in [1.165, 1.54) is 5.57 Å². The van der Waals surface area contributed by atoms with Crippen LogP contribution in [0.1, 0.15) is 33.1 Å². The highest BCUT2D eigenvalue weighted by Crippen LogP contribution is 2.61. The largest absolute Gasteiger partial charge is 0.480 e. The Morgan fingerprint density at radius 3 is 2.89 bits per heavy atom. The first kappa shape index (κ1) is 13.1. The first-order chi connectivity index (χ1) is 9.07. The number of ether oxygens (including phenoxy) is 1. The second-order valence-corrected chi connectivity index (χ2v) is 6.39. The minimum Gasteiger partial charge on any atom is -0.480 e. The van der Waals surface area contributed by atoms with Gasteiger partial charge in [0.05, 0.1) is 13.2 Å². The van der Waals surface area contributed by atoms with Crippen molar-refractivity contribution in [2.24, 2.45) is 11.8 Å². The lowest BCUT2D eigenvalue weighted by molar-refractivity contribution is -0.145. The van der Waals surface area contributed by atoms with E-state index in [1.807, 2.05) is 13.8 Å². The Kier molecular flexibility index (Phi) is 3.18. The molecule has 0 amide bonds. The van der Waals surface area contributed by atoms with Crippen LogP contribution in [-0.4, -0.2) is 47.3 Å². The molecule has 3 atom stereocenters. The molecule has 0 unspecified atom stereocenters. The standard InChI is InChI=1S/C15H23NO3/c1-10(2)13(14(17)18)16-6-3-12-9-15(12,16)11-4-7-19-8-5-11/h4,10,12-13H,3,5-9H2,1-2H3,(H,17,18)/t12-,13-,15-/m0/s1. The third-order valence-corrected chi connectivity index (χ3v) is 5.04. The highest BCUT2D eigenvalue weighted by Gasteiger charge is 2.65. The van der Waals surface area contributed by atoms with E-state index in [9.17, 15) is 9.90 Å². The number of rotatable bonds is 4. The summed E-state index contributed by atoms with van der Waals surface area (Å²) in [6.45, 7) is 6.43. The summed E-state index contributed by atoms with van der Waals surface area (Å²) in [5.41, 5.74) is 1.50. The fourth-order valence-electron chi connectivity index (χ4n) is 4.17. The lowest BCUT2D eigenvalue weighted by Gasteiger charge is -2.38. The number of nitrogens with zero attached hydrogens (tertiary/aromatic N) is 1. The van der Waals surface area contributed by atoms with Crippen LogP contribution >= 0.6 is 0 Å². The van der Waals surface area contributed by atoms with Crippen molar-refractivity contribution in [3.8, 4) is 0 Å². The summed E-state index contributed by atoms with van der Waals surface area (Å²) < 4.78 is 5.40. The van der Waals surface area contributed by atoms with Crippen LogP contribution in [0, 0.1) is 11.8 Å². The van der Waals surface area contributed by atoms with Crippen LogP contribution in [0.4, 0.5) is 0 Å². The molecular weight excluding hydrogens is 242 g/mol. The van der Waals surface area contributed by atoms with Gasteiger partial charge in [-0.05, 0) is 36.7 Å². The third kappa shape index (κ3) is 1.93. The first-order valence-corrected chi connectivity index (χ1v) is 7.34. The van der Waals surface area contributed by atoms with E-state index >= 15 is 0 Å². The molecule has 0 radical (unpaired) electrons. The fraction of sp³-hybridized carbons (Fsp3) is 0.800. The highest BCUT2D eigenvalue weighted by atomic mass is 16.5. The lowest BCUT2D eigenvalue weighted by atomic mass is 9.93. The molecule has 2 fully saturated rings. The van der Waals surface area contributed by atoms with Crippen molar-refractivity contribution < 1.29 is 14.6 Å². The van der Waals surface area contributed by atoms with Crippen LogP contribution in [0.3, 0.4) is 0 Å². The van der Waals surface area contributed by atoms with Gasteiger partial charge in [0.1, 0.15) is 6.04 Å². The average Bonchev–Trinajstić information content (AvgIpc) is 3.01. The minimum absolute atomic E-state index is 0.0666. The molecule has 1 aliphatic carbocycles. The molecule has 4 heteroatoms. The van der Waals surface area contributed by atoms with E-state index in [0.717, 1.165) is 32.4 Å². The van der Waals surface area contributed by atoms with Crippen LogP contribution in [0.5, 0.6) is 0 Å². The van der Waals surface area contributed by atoms with Crippen LogP contribution in [0.25, 0.3) is 0 Å². The van der Waals surface area contributed by atoms with E-state index < -0.39 is 5.97 Å². The van der Waals surface area contributed by atoms with Gasteiger partial charge >= 0.3 is 5.97 Å². The van der Waals surface area contributed by atoms with Crippen molar-refractivity contribution in [1.29, 1.82) is 0 Å². The molecule has 0 aromatic rings. The number of carboxylic acid groups (broad SMARTS) is 1. The zero-order chi connectivity index (χ0) is 13.6. The van der Waals surface area contributed by atoms with Crippen molar-refractivity contribution in [2.45, 2.75) is 44.7 Å². The second kappa shape index (κ2) is 4.60. The summed E-state index contributed by atoms with van der Waals surface area (Å²) in [6.07, 6.45) is 5.46. The maximum absolute atomic E-state index is 11.6. The summed E-state index contributed by atoms with van der Waals surface area (Å²) in [4.78, 5) is 13.9. The predicted octanol–water partition coefficient (Wildman–Crippen LogP) is 1.91. The number of hydrogen-bond donors (Lipinski definition) is 1. The monoisotopic (exact) mass is 265 g/mol. The Morgan fingerprint density at radius 1 is 1.58 bits per heavy atom. The number of aliphatic carboxylic acids is 1. The number of fused-ring (bicyclic) bond motifs is 1. The van der Waals surface area contributed by atoms with E-state index in [0.29, 0.717) is 12.5 Å². The topological polar surface area (TPSA) is 49.8 Å². The van der Waals surface area contributed by atoms with Gasteiger partial charge in [-0.3, -0.25) is 9.69 Å². The normalized spacial score (nSPS) is 35.9. The van der Waals surface area contributed by atoms with Crippen LogP contribution in [-0.2, 0) is 9.53 Å². The van der Waals surface area contributed by atoms with Crippen molar-refractivity contribution >= 4 is 5.97 Å². The minimum atomic E-state index is -0.672. The lowest BCUT2D eigenvalue weighted by Crippen LogP contribution is -2.51. The number of hydrogen-bond acceptors (Lipinski definition) is 3. The first-order valence-electron chi connectivity index (χ1n) is 7.34. The van der Waals surface area contributed by atoms with Crippen molar-refractivity contribution in [1.82, 2.24) is 4.90 Å². The number of carboxylic acids is 1. The van der Waals surface area contributed by atoms with E-state index in [4.69, 9.17) is 4.74 Å². The molecule has 1 N–H and O–H groups in total. The summed E-state index contributed by atoms with van der Waals surface area (Å²) in [6, 6.07) is -0.351. The van der Waals surface area contributed by atoms with Gasteiger partial charge in [0.2, 0.25) is 0 Å². The molecular formula is C15H23NO3. The smallest absolute Gasteiger partial charge is 0.321 e. The summed E-state index contributed by atoms with van der Waals surface area (Å²) in [7, 11) is 0. The molecule has 106 valence electrons. The molecule has 19 heavy (non-hydrogen) atoms. The summed E-state index contributed by atoms with van der Waals surface area (Å²) in [5.74, 6) is 0.154. The number of carbonyl (C=O) groups is 1. The molecule has 2 aliphatic heterocycles. The Balaban J connectivity index is 1.89. The second-order valence-electron chi connectivity index (χ2n) is 6.39. The maximum atomic E-state index is 11.6. The molecule has 1 saturated heterocycles. The van der Waals surface area contributed by atoms with Gasteiger partial charge in [-0.15, -0.1) is 0 Å². The molecule has 0 bridgehead atoms. The van der Waals surface area contributed by atoms with E-state index in [1.54, 1.807) is 0 Å².